The van der Waals surface area contributed by atoms with Crippen LogP contribution in [0.4, 0.5) is 0 Å². The molecule has 0 fully saturated rings. The number of rotatable bonds is 12. The smallest absolute Gasteiger partial charge is 0.128 e. The lowest BCUT2D eigenvalue weighted by Gasteiger charge is -2.07. The van der Waals surface area contributed by atoms with Gasteiger partial charge in [0.1, 0.15) is 6.29 Å². The van der Waals surface area contributed by atoms with Crippen LogP contribution in [-0.2, 0) is 4.79 Å². The molecule has 0 saturated heterocycles. The fourth-order valence-corrected chi connectivity index (χ4v) is 3.27. The molecule has 19 heavy (non-hydrogen) atoms. The second-order valence-corrected chi connectivity index (χ2v) is 6.35. The molecule has 0 radical (unpaired) electrons. The summed E-state index contributed by atoms with van der Waals surface area (Å²) in [6.07, 6.45) is 14.2. The fourth-order valence-electron chi connectivity index (χ4n) is 2.45. The molecule has 0 bridgehead atoms. The predicted molar refractivity (Wildman–Crippen MR) is 85.0 cm³/mol. The summed E-state index contributed by atoms with van der Waals surface area (Å²) in [6, 6.07) is 4.12. The van der Waals surface area contributed by atoms with E-state index in [4.69, 9.17) is 0 Å². The van der Waals surface area contributed by atoms with Gasteiger partial charge >= 0.3 is 0 Å². The van der Waals surface area contributed by atoms with Crippen LogP contribution >= 0.6 is 11.3 Å². The Morgan fingerprint density at radius 3 is 2.21 bits per heavy atom. The van der Waals surface area contributed by atoms with Crippen LogP contribution in [0, 0.1) is 0 Å². The zero-order valence-electron chi connectivity index (χ0n) is 12.3. The van der Waals surface area contributed by atoms with E-state index in [9.17, 15) is 4.79 Å². The quantitative estimate of drug-likeness (QED) is 0.341. The molecule has 1 atom stereocenters. The van der Waals surface area contributed by atoms with E-state index in [2.05, 4.69) is 18.4 Å². The van der Waals surface area contributed by atoms with Crippen LogP contribution in [0.25, 0.3) is 0 Å². The van der Waals surface area contributed by atoms with Gasteiger partial charge in [-0.1, -0.05) is 70.8 Å². The van der Waals surface area contributed by atoms with E-state index in [1.54, 1.807) is 11.3 Å². The Hall–Kier alpha value is -0.630. The first-order valence-electron chi connectivity index (χ1n) is 7.87. The first kappa shape index (κ1) is 16.4. The van der Waals surface area contributed by atoms with Gasteiger partial charge in [-0.05, 0) is 17.9 Å². The molecule has 1 unspecified atom stereocenters. The normalized spacial score (nSPS) is 12.5. The third-order valence-corrected chi connectivity index (χ3v) is 4.70. The molecule has 0 aliphatic carbocycles. The van der Waals surface area contributed by atoms with E-state index >= 15 is 0 Å². The van der Waals surface area contributed by atoms with Gasteiger partial charge in [-0.15, -0.1) is 11.3 Å². The van der Waals surface area contributed by atoms with Gasteiger partial charge in [-0.2, -0.15) is 0 Å². The van der Waals surface area contributed by atoms with E-state index < -0.39 is 0 Å². The van der Waals surface area contributed by atoms with Crippen molar-refractivity contribution in [3.8, 4) is 0 Å². The zero-order valence-corrected chi connectivity index (χ0v) is 13.1. The molecule has 0 spiro atoms. The van der Waals surface area contributed by atoms with Crippen LogP contribution < -0.4 is 0 Å². The van der Waals surface area contributed by atoms with Gasteiger partial charge in [0.05, 0.1) is 0 Å². The highest BCUT2D eigenvalue weighted by molar-refractivity contribution is 7.10. The van der Waals surface area contributed by atoms with Gasteiger partial charge in [-0.3, -0.25) is 0 Å². The average Bonchev–Trinajstić information content (AvgIpc) is 2.95. The van der Waals surface area contributed by atoms with Crippen molar-refractivity contribution in [2.75, 3.05) is 0 Å². The maximum Gasteiger partial charge on any atom is 0.128 e. The third kappa shape index (κ3) is 7.51. The minimum Gasteiger partial charge on any atom is -0.303 e. The molecule has 2 heteroatoms. The van der Waals surface area contributed by atoms with E-state index in [1.807, 2.05) is 6.07 Å². The lowest BCUT2D eigenvalue weighted by molar-refractivity contribution is -0.109. The second kappa shape index (κ2) is 11.2. The maximum absolute atomic E-state index is 11.1. The Labute approximate surface area is 122 Å². The first-order valence-corrected chi connectivity index (χ1v) is 8.75. The number of hydrogen-bond donors (Lipinski definition) is 0. The Morgan fingerprint density at radius 2 is 1.68 bits per heavy atom. The summed E-state index contributed by atoms with van der Waals surface area (Å²) in [5.74, 6) is 0.143. The number of carbonyl (C=O) groups is 1. The van der Waals surface area contributed by atoms with Crippen LogP contribution in [0.3, 0.4) is 0 Å². The molecule has 0 aliphatic heterocycles. The van der Waals surface area contributed by atoms with Gasteiger partial charge in [0.2, 0.25) is 0 Å². The van der Waals surface area contributed by atoms with Crippen LogP contribution in [0.1, 0.15) is 81.9 Å². The van der Waals surface area contributed by atoms with Crippen molar-refractivity contribution in [2.24, 2.45) is 0 Å². The van der Waals surface area contributed by atoms with Crippen LogP contribution in [0.15, 0.2) is 17.5 Å². The number of aldehydes is 1. The average molecular weight is 280 g/mol. The molecule has 0 N–H and O–H groups in total. The summed E-state index contributed by atoms with van der Waals surface area (Å²) >= 11 is 1.70. The topological polar surface area (TPSA) is 17.1 Å². The summed E-state index contributed by atoms with van der Waals surface area (Å²) < 4.78 is 0. The van der Waals surface area contributed by atoms with Crippen molar-refractivity contribution >= 4 is 17.6 Å². The number of carbonyl (C=O) groups excluding carboxylic acids is 1. The summed E-state index contributed by atoms with van der Waals surface area (Å²) in [6.45, 7) is 2.26. The molecule has 0 aliphatic rings. The van der Waals surface area contributed by atoms with Crippen molar-refractivity contribution in [1.82, 2.24) is 0 Å². The Bertz CT molecular complexity index is 305. The molecular formula is C17H28OS. The molecule has 0 saturated carbocycles. The van der Waals surface area contributed by atoms with Crippen molar-refractivity contribution in [1.29, 1.82) is 0 Å². The van der Waals surface area contributed by atoms with Gasteiger partial charge in [0, 0.05) is 10.8 Å². The molecule has 0 aromatic carbocycles. The van der Waals surface area contributed by atoms with Gasteiger partial charge in [0.25, 0.3) is 0 Å². The third-order valence-electron chi connectivity index (χ3n) is 3.69. The SMILES string of the molecule is CCCCCCCCCCCC(C=O)c1cccs1. The van der Waals surface area contributed by atoms with Crippen molar-refractivity contribution in [2.45, 2.75) is 77.0 Å². The molecule has 1 heterocycles. The lowest BCUT2D eigenvalue weighted by Crippen LogP contribution is -1.97. The van der Waals surface area contributed by atoms with Crippen molar-refractivity contribution in [3.63, 3.8) is 0 Å². The molecule has 1 aromatic rings. The molecule has 108 valence electrons. The van der Waals surface area contributed by atoms with Gasteiger partial charge < -0.3 is 4.79 Å². The highest BCUT2D eigenvalue weighted by Crippen LogP contribution is 2.24. The largest absolute Gasteiger partial charge is 0.303 e. The molecular weight excluding hydrogens is 252 g/mol. The summed E-state index contributed by atoms with van der Waals surface area (Å²) in [5, 5.41) is 2.06. The van der Waals surface area contributed by atoms with E-state index in [0.29, 0.717) is 0 Å². The zero-order chi connectivity index (χ0) is 13.8. The summed E-state index contributed by atoms with van der Waals surface area (Å²) in [7, 11) is 0. The first-order chi connectivity index (χ1) is 9.38. The highest BCUT2D eigenvalue weighted by Gasteiger charge is 2.10. The Balaban J connectivity index is 1.96. The standard InChI is InChI=1S/C17H28OS/c1-2-3-4-5-6-7-8-9-10-12-16(15-18)17-13-11-14-19-17/h11,13-16H,2-10,12H2,1H3. The molecule has 0 amide bonds. The van der Waals surface area contributed by atoms with Crippen LogP contribution in [0.2, 0.25) is 0 Å². The maximum atomic E-state index is 11.1. The van der Waals surface area contributed by atoms with E-state index in [1.165, 1.54) is 62.7 Å². The Kier molecular flexibility index (Phi) is 9.70. The molecule has 1 rings (SSSR count). The fraction of sp³-hybridized carbons (Fsp3) is 0.706. The second-order valence-electron chi connectivity index (χ2n) is 5.38. The highest BCUT2D eigenvalue weighted by atomic mass is 32.1. The van der Waals surface area contributed by atoms with E-state index in [0.717, 1.165) is 12.7 Å². The summed E-state index contributed by atoms with van der Waals surface area (Å²) in [5.41, 5.74) is 0. The van der Waals surface area contributed by atoms with Gasteiger partial charge in [-0.25, -0.2) is 0 Å². The minimum absolute atomic E-state index is 0.143. The molecule has 1 nitrogen and oxygen atoms in total. The van der Waals surface area contributed by atoms with Crippen LogP contribution in [0.5, 0.6) is 0 Å². The monoisotopic (exact) mass is 280 g/mol. The number of hydrogen-bond acceptors (Lipinski definition) is 2. The van der Waals surface area contributed by atoms with Crippen LogP contribution in [-0.4, -0.2) is 6.29 Å². The van der Waals surface area contributed by atoms with E-state index in [-0.39, 0.29) is 5.92 Å². The van der Waals surface area contributed by atoms with Gasteiger partial charge in [0.15, 0.2) is 0 Å². The Morgan fingerprint density at radius 1 is 1.05 bits per heavy atom. The molecule has 1 aromatic heterocycles. The minimum atomic E-state index is 0.143. The van der Waals surface area contributed by atoms with Crippen molar-refractivity contribution < 1.29 is 4.79 Å². The predicted octanol–water partition coefficient (Wildman–Crippen LogP) is 5.95. The summed E-state index contributed by atoms with van der Waals surface area (Å²) in [4.78, 5) is 12.3. The number of thiophene rings is 1. The van der Waals surface area contributed by atoms with Crippen molar-refractivity contribution in [3.05, 3.63) is 22.4 Å². The lowest BCUT2D eigenvalue weighted by atomic mass is 10.00. The number of unbranched alkanes of at least 4 members (excludes halogenated alkanes) is 8.